The van der Waals surface area contributed by atoms with Crippen LogP contribution in [0.3, 0.4) is 0 Å². The maximum Gasteiger partial charge on any atom is 0.343 e. The van der Waals surface area contributed by atoms with E-state index in [4.69, 9.17) is 9.47 Å². The molecule has 172 valence electrons. The number of hydrogen-bond acceptors (Lipinski definition) is 6. The Morgan fingerprint density at radius 1 is 0.629 bits per heavy atom. The minimum absolute atomic E-state index is 0.0142. The van der Waals surface area contributed by atoms with Crippen molar-refractivity contribution in [1.82, 2.24) is 0 Å². The number of phenolic OH excluding ortho intramolecular Hbond substituents is 1. The van der Waals surface area contributed by atoms with Crippen molar-refractivity contribution < 1.29 is 29.0 Å². The second-order valence-corrected chi connectivity index (χ2v) is 7.43. The van der Waals surface area contributed by atoms with Gasteiger partial charge in [-0.15, -0.1) is 0 Å². The quantitative estimate of drug-likeness (QED) is 0.163. The van der Waals surface area contributed by atoms with Crippen LogP contribution in [0.5, 0.6) is 17.2 Å². The van der Waals surface area contributed by atoms with Gasteiger partial charge in [0.1, 0.15) is 5.75 Å². The molecule has 1 N–H and O–H groups in total. The molecule has 0 amide bonds. The summed E-state index contributed by atoms with van der Waals surface area (Å²) < 4.78 is 11.0. The molecular formula is C29H20O6. The molecule has 0 fully saturated rings. The summed E-state index contributed by atoms with van der Waals surface area (Å²) in [5.74, 6) is -1.70. The van der Waals surface area contributed by atoms with E-state index in [1.165, 1.54) is 36.4 Å². The first-order chi connectivity index (χ1) is 17.0. The Labute approximate surface area is 201 Å². The number of rotatable bonds is 7. The molecule has 4 rings (SSSR count). The van der Waals surface area contributed by atoms with Gasteiger partial charge in [0.2, 0.25) is 0 Å². The van der Waals surface area contributed by atoms with Crippen LogP contribution in [0.25, 0.3) is 6.08 Å². The average molecular weight is 464 g/mol. The Hall–Kier alpha value is -4.97. The van der Waals surface area contributed by atoms with Gasteiger partial charge in [-0.25, -0.2) is 9.59 Å². The highest BCUT2D eigenvalue weighted by molar-refractivity contribution is 6.08. The molecule has 35 heavy (non-hydrogen) atoms. The highest BCUT2D eigenvalue weighted by atomic mass is 16.6. The predicted octanol–water partition coefficient (Wildman–Crippen LogP) is 5.73. The monoisotopic (exact) mass is 464 g/mol. The summed E-state index contributed by atoms with van der Waals surface area (Å²) in [6.07, 6.45) is 2.81. The molecule has 0 spiro atoms. The van der Waals surface area contributed by atoms with Crippen molar-refractivity contribution in [2.75, 3.05) is 0 Å². The Kier molecular flexibility index (Phi) is 7.13. The van der Waals surface area contributed by atoms with Crippen molar-refractivity contribution in [2.45, 2.75) is 0 Å². The first kappa shape index (κ1) is 23.2. The standard InChI is InChI=1S/C29H20O6/c30-24-14-8-7-13-23(24)25(31)17-15-20-16-18-26(34-28(32)21-9-3-1-4-10-21)27(19-20)35-29(33)22-11-5-2-6-12-22/h1-19,30H/b17-15+. The van der Waals surface area contributed by atoms with Crippen molar-refractivity contribution in [1.29, 1.82) is 0 Å². The molecule has 6 heteroatoms. The van der Waals surface area contributed by atoms with E-state index in [0.717, 1.165) is 0 Å². The summed E-state index contributed by atoms with van der Waals surface area (Å²) in [5, 5.41) is 9.88. The van der Waals surface area contributed by atoms with Gasteiger partial charge in [0, 0.05) is 0 Å². The van der Waals surface area contributed by atoms with E-state index in [1.54, 1.807) is 78.9 Å². The minimum Gasteiger partial charge on any atom is -0.507 e. The fraction of sp³-hybridized carbons (Fsp3) is 0. The Balaban J connectivity index is 1.62. The molecule has 0 atom stereocenters. The van der Waals surface area contributed by atoms with Crippen LogP contribution in [0.4, 0.5) is 0 Å². The number of carbonyl (C=O) groups excluding carboxylic acids is 3. The molecule has 0 aliphatic heterocycles. The summed E-state index contributed by atoms with van der Waals surface area (Å²) in [5.41, 5.74) is 1.34. The maximum atomic E-state index is 12.7. The lowest BCUT2D eigenvalue weighted by Crippen LogP contribution is -2.12. The van der Waals surface area contributed by atoms with E-state index < -0.39 is 17.7 Å². The third kappa shape index (κ3) is 5.89. The lowest BCUT2D eigenvalue weighted by Gasteiger charge is -2.12. The lowest BCUT2D eigenvalue weighted by atomic mass is 10.1. The lowest BCUT2D eigenvalue weighted by molar-refractivity contribution is 0.0682. The van der Waals surface area contributed by atoms with Gasteiger partial charge in [-0.2, -0.15) is 0 Å². The first-order valence-corrected chi connectivity index (χ1v) is 10.7. The zero-order valence-electron chi connectivity index (χ0n) is 18.5. The smallest absolute Gasteiger partial charge is 0.343 e. The van der Waals surface area contributed by atoms with Gasteiger partial charge in [-0.3, -0.25) is 4.79 Å². The summed E-state index contributed by atoms with van der Waals surface area (Å²) in [6.45, 7) is 0. The fourth-order valence-electron chi connectivity index (χ4n) is 3.20. The van der Waals surface area contributed by atoms with Crippen LogP contribution in [-0.4, -0.2) is 22.8 Å². The molecule has 0 aromatic heterocycles. The molecular weight excluding hydrogens is 444 g/mol. The van der Waals surface area contributed by atoms with Crippen molar-refractivity contribution in [3.05, 3.63) is 131 Å². The Bertz CT molecular complexity index is 1390. The number of aromatic hydroxyl groups is 1. The number of hydrogen-bond donors (Lipinski definition) is 1. The second-order valence-electron chi connectivity index (χ2n) is 7.43. The van der Waals surface area contributed by atoms with Gasteiger partial charge in [0.05, 0.1) is 16.7 Å². The van der Waals surface area contributed by atoms with Crippen LogP contribution in [0.2, 0.25) is 0 Å². The predicted molar refractivity (Wildman–Crippen MR) is 131 cm³/mol. The molecule has 0 aliphatic carbocycles. The molecule has 0 saturated carbocycles. The number of carbonyl (C=O) groups is 3. The van der Waals surface area contributed by atoms with Gasteiger partial charge in [-0.05, 0) is 60.2 Å². The Morgan fingerprint density at radius 2 is 1.17 bits per heavy atom. The second kappa shape index (κ2) is 10.8. The molecule has 4 aromatic carbocycles. The van der Waals surface area contributed by atoms with E-state index in [9.17, 15) is 19.5 Å². The first-order valence-electron chi connectivity index (χ1n) is 10.7. The van der Waals surface area contributed by atoms with Crippen LogP contribution in [0.15, 0.2) is 109 Å². The van der Waals surface area contributed by atoms with Crippen LogP contribution in [0, 0.1) is 0 Å². The van der Waals surface area contributed by atoms with Crippen molar-refractivity contribution in [3.63, 3.8) is 0 Å². The summed E-state index contributed by atoms with van der Waals surface area (Å²) in [4.78, 5) is 37.7. The van der Waals surface area contributed by atoms with Crippen LogP contribution in [0.1, 0.15) is 36.6 Å². The topological polar surface area (TPSA) is 89.9 Å². The summed E-state index contributed by atoms with van der Waals surface area (Å²) in [7, 11) is 0. The zero-order valence-corrected chi connectivity index (χ0v) is 18.5. The van der Waals surface area contributed by atoms with Crippen molar-refractivity contribution in [3.8, 4) is 17.2 Å². The molecule has 0 aliphatic rings. The van der Waals surface area contributed by atoms with E-state index in [2.05, 4.69) is 0 Å². The van der Waals surface area contributed by atoms with Crippen molar-refractivity contribution in [2.24, 2.45) is 0 Å². The molecule has 0 saturated heterocycles. The SMILES string of the molecule is O=C(Oc1ccc(/C=C/C(=O)c2ccccc2O)cc1OC(=O)c1ccccc1)c1ccccc1. The number of ketones is 1. The fourth-order valence-corrected chi connectivity index (χ4v) is 3.20. The van der Waals surface area contributed by atoms with Gasteiger partial charge < -0.3 is 14.6 Å². The number of ether oxygens (including phenoxy) is 2. The summed E-state index contributed by atoms with van der Waals surface area (Å²) >= 11 is 0. The Morgan fingerprint density at radius 3 is 1.77 bits per heavy atom. The van der Waals surface area contributed by atoms with Crippen LogP contribution < -0.4 is 9.47 Å². The summed E-state index contributed by atoms with van der Waals surface area (Å²) in [6, 6.07) is 27.6. The third-order valence-corrected chi connectivity index (χ3v) is 4.99. The molecule has 0 bridgehead atoms. The number of phenols is 1. The molecule has 4 aromatic rings. The van der Waals surface area contributed by atoms with E-state index >= 15 is 0 Å². The highest BCUT2D eigenvalue weighted by Gasteiger charge is 2.17. The number of para-hydroxylation sites is 1. The normalized spacial score (nSPS) is 10.6. The van der Waals surface area contributed by atoms with Crippen molar-refractivity contribution >= 4 is 23.8 Å². The molecule has 0 unspecified atom stereocenters. The van der Waals surface area contributed by atoms with E-state index in [0.29, 0.717) is 16.7 Å². The number of allylic oxidation sites excluding steroid dienone is 1. The number of benzene rings is 4. The maximum absolute atomic E-state index is 12.7. The molecule has 0 radical (unpaired) electrons. The van der Waals surface area contributed by atoms with Gasteiger partial charge in [0.15, 0.2) is 17.3 Å². The zero-order chi connectivity index (χ0) is 24.6. The third-order valence-electron chi connectivity index (χ3n) is 4.99. The average Bonchev–Trinajstić information content (AvgIpc) is 2.89. The van der Waals surface area contributed by atoms with Crippen LogP contribution in [-0.2, 0) is 0 Å². The van der Waals surface area contributed by atoms with Gasteiger partial charge in [-0.1, -0.05) is 60.7 Å². The molecule has 0 heterocycles. The van der Waals surface area contributed by atoms with Crippen LogP contribution >= 0.6 is 0 Å². The van der Waals surface area contributed by atoms with Gasteiger partial charge >= 0.3 is 11.9 Å². The number of esters is 2. The van der Waals surface area contributed by atoms with Gasteiger partial charge in [0.25, 0.3) is 0 Å². The van der Waals surface area contributed by atoms with E-state index in [-0.39, 0.29) is 22.8 Å². The largest absolute Gasteiger partial charge is 0.507 e. The minimum atomic E-state index is -0.631. The van der Waals surface area contributed by atoms with E-state index in [1.807, 2.05) is 0 Å². The molecule has 6 nitrogen and oxygen atoms in total. The highest BCUT2D eigenvalue weighted by Crippen LogP contribution is 2.31.